The Balaban J connectivity index is 1.72. The van der Waals surface area contributed by atoms with Crippen LogP contribution >= 0.6 is 0 Å². The topological polar surface area (TPSA) is 58.4 Å². The standard InChI is InChI=1S/C13H25N3O/c1-16(12(8-14)10-6-7-10)9-13(17)15-11-4-2-3-5-11/h10-12H,2-9,14H2,1H3,(H,15,17). The SMILES string of the molecule is CN(CC(=O)NC1CCCC1)C(CN)C1CC1. The van der Waals surface area contributed by atoms with Gasteiger partial charge < -0.3 is 11.1 Å². The summed E-state index contributed by atoms with van der Waals surface area (Å²) in [5, 5.41) is 3.13. The smallest absolute Gasteiger partial charge is 0.234 e. The second-order valence-corrected chi connectivity index (χ2v) is 5.60. The van der Waals surface area contributed by atoms with Crippen molar-refractivity contribution >= 4 is 5.91 Å². The zero-order valence-corrected chi connectivity index (χ0v) is 10.8. The van der Waals surface area contributed by atoms with Gasteiger partial charge in [-0.1, -0.05) is 12.8 Å². The molecule has 0 saturated heterocycles. The molecule has 1 amide bonds. The Morgan fingerprint density at radius 3 is 2.53 bits per heavy atom. The maximum absolute atomic E-state index is 11.9. The number of nitrogens with one attached hydrogen (secondary N) is 1. The van der Waals surface area contributed by atoms with Crippen molar-refractivity contribution in [1.82, 2.24) is 10.2 Å². The van der Waals surface area contributed by atoms with Gasteiger partial charge in [-0.05, 0) is 38.6 Å². The fourth-order valence-electron chi connectivity index (χ4n) is 2.90. The molecule has 4 nitrogen and oxygen atoms in total. The van der Waals surface area contributed by atoms with Crippen LogP contribution in [0.2, 0.25) is 0 Å². The van der Waals surface area contributed by atoms with Gasteiger partial charge in [-0.2, -0.15) is 0 Å². The van der Waals surface area contributed by atoms with Crippen LogP contribution in [0.4, 0.5) is 0 Å². The molecule has 4 heteroatoms. The summed E-state index contributed by atoms with van der Waals surface area (Å²) in [5.41, 5.74) is 5.78. The quantitative estimate of drug-likeness (QED) is 0.718. The van der Waals surface area contributed by atoms with Gasteiger partial charge in [0.1, 0.15) is 0 Å². The van der Waals surface area contributed by atoms with Crippen molar-refractivity contribution in [1.29, 1.82) is 0 Å². The Morgan fingerprint density at radius 1 is 1.35 bits per heavy atom. The average Bonchev–Trinajstić information content (AvgIpc) is 2.97. The summed E-state index contributed by atoms with van der Waals surface area (Å²) in [5.74, 6) is 0.891. The van der Waals surface area contributed by atoms with Crippen molar-refractivity contribution in [2.45, 2.75) is 50.6 Å². The second-order valence-electron chi connectivity index (χ2n) is 5.60. The number of nitrogens with zero attached hydrogens (tertiary/aromatic N) is 1. The van der Waals surface area contributed by atoms with Crippen molar-refractivity contribution in [3.8, 4) is 0 Å². The highest BCUT2D eigenvalue weighted by atomic mass is 16.2. The van der Waals surface area contributed by atoms with Gasteiger partial charge in [0, 0.05) is 18.6 Å². The molecular weight excluding hydrogens is 214 g/mol. The van der Waals surface area contributed by atoms with E-state index < -0.39 is 0 Å². The fourth-order valence-corrected chi connectivity index (χ4v) is 2.90. The molecule has 1 atom stereocenters. The molecule has 0 aliphatic heterocycles. The van der Waals surface area contributed by atoms with Crippen molar-refractivity contribution < 1.29 is 4.79 Å². The van der Waals surface area contributed by atoms with Crippen LogP contribution < -0.4 is 11.1 Å². The number of amides is 1. The lowest BCUT2D eigenvalue weighted by Crippen LogP contribution is -2.46. The fraction of sp³-hybridized carbons (Fsp3) is 0.923. The second kappa shape index (κ2) is 5.83. The predicted molar refractivity (Wildman–Crippen MR) is 68.6 cm³/mol. The first-order valence-electron chi connectivity index (χ1n) is 6.90. The molecule has 2 fully saturated rings. The summed E-state index contributed by atoms with van der Waals surface area (Å²) in [6, 6.07) is 0.817. The molecular formula is C13H25N3O. The molecule has 3 N–H and O–H groups in total. The summed E-state index contributed by atoms with van der Waals surface area (Å²) >= 11 is 0. The summed E-state index contributed by atoms with van der Waals surface area (Å²) in [7, 11) is 2.02. The van der Waals surface area contributed by atoms with Crippen LogP contribution in [0.15, 0.2) is 0 Å². The lowest BCUT2D eigenvalue weighted by molar-refractivity contribution is -0.123. The Labute approximate surface area is 104 Å². The molecule has 17 heavy (non-hydrogen) atoms. The van der Waals surface area contributed by atoms with E-state index in [1.54, 1.807) is 0 Å². The van der Waals surface area contributed by atoms with Crippen molar-refractivity contribution in [2.75, 3.05) is 20.1 Å². The lowest BCUT2D eigenvalue weighted by Gasteiger charge is -2.26. The van der Waals surface area contributed by atoms with E-state index in [2.05, 4.69) is 10.2 Å². The van der Waals surface area contributed by atoms with E-state index in [1.165, 1.54) is 25.7 Å². The third-order valence-corrected chi connectivity index (χ3v) is 4.09. The first-order chi connectivity index (χ1) is 8.20. The number of carbonyl (C=O) groups excluding carboxylic acids is 1. The molecule has 1 unspecified atom stereocenters. The van der Waals surface area contributed by atoms with Crippen LogP contribution in [-0.4, -0.2) is 43.0 Å². The minimum Gasteiger partial charge on any atom is -0.352 e. The summed E-state index contributed by atoms with van der Waals surface area (Å²) in [4.78, 5) is 14.0. The van der Waals surface area contributed by atoms with Crippen LogP contribution in [0.1, 0.15) is 38.5 Å². The van der Waals surface area contributed by atoms with E-state index in [4.69, 9.17) is 5.73 Å². The van der Waals surface area contributed by atoms with Gasteiger partial charge >= 0.3 is 0 Å². The molecule has 2 saturated carbocycles. The third-order valence-electron chi connectivity index (χ3n) is 4.09. The van der Waals surface area contributed by atoms with Gasteiger partial charge in [0.15, 0.2) is 0 Å². The average molecular weight is 239 g/mol. The Morgan fingerprint density at radius 2 is 2.00 bits per heavy atom. The van der Waals surface area contributed by atoms with Crippen LogP contribution in [0.3, 0.4) is 0 Å². The van der Waals surface area contributed by atoms with E-state index in [0.717, 1.165) is 18.8 Å². The van der Waals surface area contributed by atoms with Gasteiger partial charge in [-0.25, -0.2) is 0 Å². The van der Waals surface area contributed by atoms with Gasteiger partial charge in [-0.3, -0.25) is 9.69 Å². The highest BCUT2D eigenvalue weighted by Gasteiger charge is 2.33. The summed E-state index contributed by atoms with van der Waals surface area (Å²) in [6.45, 7) is 1.16. The molecule has 0 aromatic heterocycles. The van der Waals surface area contributed by atoms with E-state index >= 15 is 0 Å². The molecule has 0 heterocycles. The molecule has 0 spiro atoms. The largest absolute Gasteiger partial charge is 0.352 e. The van der Waals surface area contributed by atoms with Crippen molar-refractivity contribution in [3.63, 3.8) is 0 Å². The first kappa shape index (κ1) is 12.8. The maximum Gasteiger partial charge on any atom is 0.234 e. The maximum atomic E-state index is 11.9. The molecule has 2 aliphatic rings. The molecule has 0 bridgehead atoms. The minimum absolute atomic E-state index is 0.165. The molecule has 2 rings (SSSR count). The van der Waals surface area contributed by atoms with Gasteiger partial charge in [-0.15, -0.1) is 0 Å². The Bertz CT molecular complexity index is 259. The lowest BCUT2D eigenvalue weighted by atomic mass is 10.1. The number of hydrogen-bond acceptors (Lipinski definition) is 3. The molecule has 0 aromatic carbocycles. The third kappa shape index (κ3) is 3.68. The van der Waals surface area contributed by atoms with Crippen LogP contribution in [0.5, 0.6) is 0 Å². The molecule has 0 radical (unpaired) electrons. The number of carbonyl (C=O) groups is 1. The van der Waals surface area contributed by atoms with Crippen molar-refractivity contribution in [3.05, 3.63) is 0 Å². The monoisotopic (exact) mass is 239 g/mol. The number of likely N-dealkylation sites (N-methyl/N-ethyl adjacent to an activating group) is 1. The zero-order valence-electron chi connectivity index (χ0n) is 10.8. The Hall–Kier alpha value is -0.610. The molecule has 98 valence electrons. The van der Waals surface area contributed by atoms with E-state index in [0.29, 0.717) is 25.2 Å². The Kier molecular flexibility index (Phi) is 4.40. The van der Waals surface area contributed by atoms with Crippen LogP contribution in [0.25, 0.3) is 0 Å². The number of nitrogens with two attached hydrogens (primary N) is 1. The van der Waals surface area contributed by atoms with Gasteiger partial charge in [0.25, 0.3) is 0 Å². The first-order valence-corrected chi connectivity index (χ1v) is 6.90. The van der Waals surface area contributed by atoms with E-state index in [9.17, 15) is 4.79 Å². The molecule has 0 aromatic rings. The minimum atomic E-state index is 0.165. The van der Waals surface area contributed by atoms with Gasteiger partial charge in [0.2, 0.25) is 5.91 Å². The highest BCUT2D eigenvalue weighted by Crippen LogP contribution is 2.34. The zero-order chi connectivity index (χ0) is 12.3. The number of hydrogen-bond donors (Lipinski definition) is 2. The number of rotatable bonds is 6. The van der Waals surface area contributed by atoms with E-state index in [1.807, 2.05) is 7.05 Å². The normalized spacial score (nSPS) is 23.0. The van der Waals surface area contributed by atoms with Gasteiger partial charge in [0.05, 0.1) is 6.54 Å². The highest BCUT2D eigenvalue weighted by molar-refractivity contribution is 5.78. The van der Waals surface area contributed by atoms with Crippen molar-refractivity contribution in [2.24, 2.45) is 11.7 Å². The van der Waals surface area contributed by atoms with Crippen LogP contribution in [-0.2, 0) is 4.79 Å². The summed E-state index contributed by atoms with van der Waals surface area (Å²) < 4.78 is 0. The summed E-state index contributed by atoms with van der Waals surface area (Å²) in [6.07, 6.45) is 7.37. The molecule has 2 aliphatic carbocycles. The van der Waals surface area contributed by atoms with Crippen LogP contribution in [0, 0.1) is 5.92 Å². The van der Waals surface area contributed by atoms with E-state index in [-0.39, 0.29) is 5.91 Å². The predicted octanol–water partition coefficient (Wildman–Crippen LogP) is 0.714.